The molecular weight excluding hydrogens is 402 g/mol. The van der Waals surface area contributed by atoms with Crippen molar-refractivity contribution in [3.63, 3.8) is 0 Å². The molecule has 1 heterocycles. The molecular formula is C26H47N3O3. The van der Waals surface area contributed by atoms with E-state index in [1.807, 2.05) is 18.0 Å². The largest absolute Gasteiger partial charge is 0.544 e. The summed E-state index contributed by atoms with van der Waals surface area (Å²) >= 11 is 0. The normalized spacial score (nSPS) is 15.8. The summed E-state index contributed by atoms with van der Waals surface area (Å²) in [6.07, 6.45) is 18.7. The summed E-state index contributed by atoms with van der Waals surface area (Å²) in [6.45, 7) is 5.97. The fourth-order valence-electron chi connectivity index (χ4n) is 4.05. The molecule has 0 aromatic heterocycles. The molecule has 1 aliphatic rings. The lowest BCUT2D eigenvalue weighted by Gasteiger charge is -2.27. The van der Waals surface area contributed by atoms with Gasteiger partial charge in [-0.3, -0.25) is 5.32 Å². The number of aliphatic hydroxyl groups is 1. The molecule has 0 saturated carbocycles. The van der Waals surface area contributed by atoms with E-state index in [0.29, 0.717) is 26.1 Å². The number of hydrogen-bond acceptors (Lipinski definition) is 5. The zero-order valence-corrected chi connectivity index (χ0v) is 20.6. The van der Waals surface area contributed by atoms with E-state index in [2.05, 4.69) is 24.2 Å². The lowest BCUT2D eigenvalue weighted by molar-refractivity contribution is -0.524. The van der Waals surface area contributed by atoms with E-state index >= 15 is 0 Å². The number of aliphatic carboxylic acids is 1. The lowest BCUT2D eigenvalue weighted by atomic mass is 10.0. The van der Waals surface area contributed by atoms with Gasteiger partial charge in [-0.15, -0.1) is 0 Å². The summed E-state index contributed by atoms with van der Waals surface area (Å²) in [6, 6.07) is 3.13. The van der Waals surface area contributed by atoms with E-state index < -0.39 is 5.97 Å². The highest BCUT2D eigenvalue weighted by Crippen LogP contribution is 2.13. The van der Waals surface area contributed by atoms with Crippen LogP contribution in [0.1, 0.15) is 104 Å². The Labute approximate surface area is 196 Å². The standard InChI is InChI=1S/C26H47N3O3/c1-3-4-5-6-7-8-9-10-11-12-13-14-17-25(30)22-27-24(2)29-19-16-15-18-28(20-21-29)23-26(31)32/h18,24-25,27,30H,3-15,17,20-23H2,1-2H3. The van der Waals surface area contributed by atoms with Gasteiger partial charge >= 0.3 is 0 Å². The van der Waals surface area contributed by atoms with Crippen LogP contribution in [0, 0.1) is 12.0 Å². The van der Waals surface area contributed by atoms with Gasteiger partial charge in [0.2, 0.25) is 0 Å². The van der Waals surface area contributed by atoms with Crippen molar-refractivity contribution < 1.29 is 19.6 Å². The van der Waals surface area contributed by atoms with Gasteiger partial charge in [-0.1, -0.05) is 89.9 Å². The van der Waals surface area contributed by atoms with Crippen LogP contribution in [0.3, 0.4) is 0 Å². The van der Waals surface area contributed by atoms with Crippen LogP contribution in [0.2, 0.25) is 0 Å². The van der Waals surface area contributed by atoms with Gasteiger partial charge in [0, 0.05) is 12.6 Å². The van der Waals surface area contributed by atoms with Gasteiger partial charge in [0.25, 0.3) is 0 Å². The number of carbonyl (C=O) groups is 1. The zero-order chi connectivity index (χ0) is 23.4. The number of carboxylic acid groups (broad SMARTS) is 1. The quantitative estimate of drug-likeness (QED) is 0.180. The van der Waals surface area contributed by atoms with Crippen molar-refractivity contribution in [2.45, 2.75) is 116 Å². The van der Waals surface area contributed by atoms with E-state index in [0.717, 1.165) is 12.8 Å². The summed E-state index contributed by atoms with van der Waals surface area (Å²) in [5.41, 5.74) is 0. The Morgan fingerprint density at radius 2 is 1.69 bits per heavy atom. The minimum absolute atomic E-state index is 0.00188. The van der Waals surface area contributed by atoms with E-state index in [1.54, 1.807) is 4.58 Å². The monoisotopic (exact) mass is 449 g/mol. The number of carboxylic acids is 1. The number of nitrogens with zero attached hydrogens (tertiary/aromatic N) is 2. The Morgan fingerprint density at radius 1 is 1.09 bits per heavy atom. The summed E-state index contributed by atoms with van der Waals surface area (Å²) in [7, 11) is 0. The van der Waals surface area contributed by atoms with Gasteiger partial charge < -0.3 is 19.9 Å². The maximum absolute atomic E-state index is 10.8. The molecule has 0 aromatic rings. The molecule has 6 nitrogen and oxygen atoms in total. The molecule has 0 fully saturated rings. The van der Waals surface area contributed by atoms with Crippen LogP contribution in [0.5, 0.6) is 0 Å². The first-order chi connectivity index (χ1) is 15.5. The summed E-state index contributed by atoms with van der Waals surface area (Å²) < 4.78 is 1.74. The molecule has 6 heteroatoms. The summed E-state index contributed by atoms with van der Waals surface area (Å²) in [5.74, 6) is 1.97. The molecule has 1 aliphatic heterocycles. The highest BCUT2D eigenvalue weighted by atomic mass is 16.4. The van der Waals surface area contributed by atoms with Gasteiger partial charge in [-0.25, -0.2) is 4.58 Å². The minimum atomic E-state index is -1.08. The van der Waals surface area contributed by atoms with Crippen molar-refractivity contribution in [3.05, 3.63) is 0 Å². The van der Waals surface area contributed by atoms with Crippen LogP contribution >= 0.6 is 0 Å². The fraction of sp³-hybridized carbons (Fsp3) is 0.846. The molecule has 2 atom stereocenters. The Morgan fingerprint density at radius 3 is 2.28 bits per heavy atom. The molecule has 32 heavy (non-hydrogen) atoms. The van der Waals surface area contributed by atoms with Crippen LogP contribution in [-0.2, 0) is 4.79 Å². The molecule has 2 N–H and O–H groups in total. The highest BCUT2D eigenvalue weighted by Gasteiger charge is 2.16. The summed E-state index contributed by atoms with van der Waals surface area (Å²) in [4.78, 5) is 12.8. The Kier molecular flexibility index (Phi) is 16.8. The van der Waals surface area contributed by atoms with Crippen LogP contribution in [-0.4, -0.2) is 65.2 Å². The number of rotatable bonds is 19. The Hall–Kier alpha value is -1.58. The molecule has 0 radical (unpaired) electrons. The zero-order valence-electron chi connectivity index (χ0n) is 20.6. The Balaban J connectivity index is 2.04. The molecule has 0 spiro atoms. The number of nitrogens with one attached hydrogen (secondary N) is 1. The average molecular weight is 450 g/mol. The highest BCUT2D eigenvalue weighted by molar-refractivity contribution is 5.66. The third-order valence-electron chi connectivity index (χ3n) is 6.14. The van der Waals surface area contributed by atoms with Crippen LogP contribution < -0.4 is 10.4 Å². The molecule has 0 aromatic carbocycles. The van der Waals surface area contributed by atoms with E-state index in [1.165, 1.54) is 70.6 Å². The fourth-order valence-corrected chi connectivity index (χ4v) is 4.05. The van der Waals surface area contributed by atoms with Crippen molar-refractivity contribution in [1.29, 1.82) is 0 Å². The first kappa shape index (κ1) is 28.5. The van der Waals surface area contributed by atoms with Crippen LogP contribution in [0.25, 0.3) is 0 Å². The third kappa shape index (κ3) is 15.3. The SMILES string of the molecule is CCCCCCCCCCCCCCC(O)CNC(C)N1C#CCC=[N+](CC(=O)[O-])CC1. The Bertz CT molecular complexity index is 583. The van der Waals surface area contributed by atoms with Crippen molar-refractivity contribution in [1.82, 2.24) is 10.2 Å². The predicted molar refractivity (Wildman–Crippen MR) is 129 cm³/mol. The second-order valence-electron chi connectivity index (χ2n) is 9.13. The first-order valence-corrected chi connectivity index (χ1v) is 13.0. The van der Waals surface area contributed by atoms with Gasteiger partial charge in [0.1, 0.15) is 5.97 Å². The van der Waals surface area contributed by atoms with Crippen molar-refractivity contribution in [3.8, 4) is 12.0 Å². The minimum Gasteiger partial charge on any atom is -0.544 e. The predicted octanol–water partition coefficient (Wildman–Crippen LogP) is 2.87. The maximum atomic E-state index is 10.8. The van der Waals surface area contributed by atoms with E-state index in [9.17, 15) is 15.0 Å². The molecule has 0 aliphatic carbocycles. The molecule has 184 valence electrons. The number of hydrogen-bond donors (Lipinski definition) is 2. The lowest BCUT2D eigenvalue weighted by Crippen LogP contribution is -2.46. The van der Waals surface area contributed by atoms with E-state index in [4.69, 9.17) is 0 Å². The van der Waals surface area contributed by atoms with Crippen LogP contribution in [0.4, 0.5) is 0 Å². The van der Waals surface area contributed by atoms with Gasteiger partial charge in [-0.2, -0.15) is 0 Å². The molecule has 0 amide bonds. The van der Waals surface area contributed by atoms with Crippen molar-refractivity contribution in [2.75, 3.05) is 26.2 Å². The van der Waals surface area contributed by atoms with Crippen LogP contribution in [0.15, 0.2) is 0 Å². The maximum Gasteiger partial charge on any atom is 0.182 e. The molecule has 0 bridgehead atoms. The number of carbonyl (C=O) groups excluding carboxylic acids is 1. The van der Waals surface area contributed by atoms with Crippen molar-refractivity contribution in [2.24, 2.45) is 0 Å². The second kappa shape index (κ2) is 18.9. The average Bonchev–Trinajstić information content (AvgIpc) is 2.74. The van der Waals surface area contributed by atoms with E-state index in [-0.39, 0.29) is 18.8 Å². The van der Waals surface area contributed by atoms with Crippen molar-refractivity contribution >= 4 is 12.2 Å². The molecule has 0 saturated heterocycles. The number of unbranched alkanes of at least 4 members (excludes halogenated alkanes) is 11. The van der Waals surface area contributed by atoms with Gasteiger partial charge in [0.15, 0.2) is 19.3 Å². The van der Waals surface area contributed by atoms with Gasteiger partial charge in [0.05, 0.1) is 25.2 Å². The smallest absolute Gasteiger partial charge is 0.182 e. The molecule has 1 rings (SSSR count). The third-order valence-corrected chi connectivity index (χ3v) is 6.14. The topological polar surface area (TPSA) is 78.6 Å². The first-order valence-electron chi connectivity index (χ1n) is 13.0. The second-order valence-corrected chi connectivity index (χ2v) is 9.13. The number of aliphatic hydroxyl groups excluding tert-OH is 1. The van der Waals surface area contributed by atoms with Gasteiger partial charge in [-0.05, 0) is 13.3 Å². The molecule has 2 unspecified atom stereocenters. The summed E-state index contributed by atoms with van der Waals surface area (Å²) in [5, 5.41) is 24.5.